The maximum atomic E-state index is 13.6. The number of nitrogens with one attached hydrogen (secondary N) is 1. The number of aryl methyl sites for hydroxylation is 3. The number of ether oxygens (including phenoxy) is 2. The van der Waals surface area contributed by atoms with Crippen molar-refractivity contribution >= 4 is 34.1 Å². The summed E-state index contributed by atoms with van der Waals surface area (Å²) >= 11 is 1.64. The fourth-order valence-corrected chi connectivity index (χ4v) is 5.58. The summed E-state index contributed by atoms with van der Waals surface area (Å²) in [5, 5.41) is 3.92. The van der Waals surface area contributed by atoms with E-state index >= 15 is 0 Å². The molecule has 0 saturated carbocycles. The highest BCUT2D eigenvalue weighted by Gasteiger charge is 2.24. The highest BCUT2D eigenvalue weighted by Crippen LogP contribution is 2.39. The van der Waals surface area contributed by atoms with E-state index in [0.717, 1.165) is 64.4 Å². The molecule has 1 aromatic heterocycles. The molecule has 1 heterocycles. The first kappa shape index (κ1) is 24.0. The summed E-state index contributed by atoms with van der Waals surface area (Å²) in [6.07, 6.45) is 8.38. The average Bonchev–Trinajstić information content (AvgIpc) is 3.16. The van der Waals surface area contributed by atoms with Gasteiger partial charge in [0.05, 0.1) is 19.8 Å². The third-order valence-corrected chi connectivity index (χ3v) is 7.48. The van der Waals surface area contributed by atoms with Gasteiger partial charge < -0.3 is 14.8 Å². The first-order chi connectivity index (χ1) is 16.5. The van der Waals surface area contributed by atoms with E-state index in [9.17, 15) is 4.79 Å². The van der Waals surface area contributed by atoms with E-state index in [2.05, 4.69) is 11.4 Å². The van der Waals surface area contributed by atoms with Crippen molar-refractivity contribution in [2.24, 2.45) is 4.99 Å². The topological polar surface area (TPSA) is 59.9 Å². The summed E-state index contributed by atoms with van der Waals surface area (Å²) in [6.45, 7) is 4.05. The lowest BCUT2D eigenvalue weighted by Crippen LogP contribution is -2.15. The largest absolute Gasteiger partial charge is 0.497 e. The summed E-state index contributed by atoms with van der Waals surface area (Å²) in [4.78, 5) is 19.8. The van der Waals surface area contributed by atoms with Gasteiger partial charge in [-0.25, -0.2) is 4.99 Å². The Hall–Kier alpha value is -3.12. The third kappa shape index (κ3) is 5.33. The standard InChI is InChI=1S/C28H32N2O3S/c1-18-11-12-19(2)23(15-18)30-27(31)26-22-9-7-5-6-8-10-25(22)34-28(26)29-17-20-16-21(32-3)13-14-24(20)33-4/h11-17H,5-10H2,1-4H3,(H,30,31). The first-order valence-corrected chi connectivity index (χ1v) is 12.6. The minimum atomic E-state index is -0.0865. The fraction of sp³-hybridized carbons (Fsp3) is 0.357. The van der Waals surface area contributed by atoms with Gasteiger partial charge in [-0.1, -0.05) is 25.0 Å². The Balaban J connectivity index is 1.75. The van der Waals surface area contributed by atoms with Gasteiger partial charge in [0.25, 0.3) is 5.91 Å². The maximum absolute atomic E-state index is 13.6. The van der Waals surface area contributed by atoms with Crippen molar-refractivity contribution in [2.75, 3.05) is 19.5 Å². The van der Waals surface area contributed by atoms with Gasteiger partial charge in [0.15, 0.2) is 0 Å². The molecule has 1 amide bonds. The minimum absolute atomic E-state index is 0.0865. The molecule has 0 atom stereocenters. The molecule has 34 heavy (non-hydrogen) atoms. The van der Waals surface area contributed by atoms with Crippen LogP contribution in [0.1, 0.15) is 63.2 Å². The number of amides is 1. The van der Waals surface area contributed by atoms with E-state index in [-0.39, 0.29) is 5.91 Å². The van der Waals surface area contributed by atoms with Gasteiger partial charge >= 0.3 is 0 Å². The van der Waals surface area contributed by atoms with E-state index in [1.807, 2.05) is 44.2 Å². The number of methoxy groups -OCH3 is 2. The molecule has 0 fully saturated rings. The Bertz CT molecular complexity index is 1210. The van der Waals surface area contributed by atoms with E-state index in [4.69, 9.17) is 14.5 Å². The monoisotopic (exact) mass is 476 g/mol. The number of carbonyl (C=O) groups excluding carboxylic acids is 1. The van der Waals surface area contributed by atoms with Crippen LogP contribution in [0.5, 0.6) is 11.5 Å². The molecule has 1 aliphatic rings. The van der Waals surface area contributed by atoms with Crippen molar-refractivity contribution in [3.8, 4) is 11.5 Å². The second kappa shape index (κ2) is 10.9. The molecule has 1 N–H and O–H groups in total. The molecule has 3 aromatic rings. The average molecular weight is 477 g/mol. The molecule has 0 unspecified atom stereocenters. The lowest BCUT2D eigenvalue weighted by atomic mass is 9.96. The van der Waals surface area contributed by atoms with Crippen molar-refractivity contribution in [1.29, 1.82) is 0 Å². The molecular weight excluding hydrogens is 444 g/mol. The van der Waals surface area contributed by atoms with Gasteiger partial charge in [0, 0.05) is 22.3 Å². The zero-order valence-corrected chi connectivity index (χ0v) is 21.2. The molecule has 6 heteroatoms. The molecule has 0 radical (unpaired) electrons. The van der Waals surface area contributed by atoms with Gasteiger partial charge in [0.2, 0.25) is 0 Å². The maximum Gasteiger partial charge on any atom is 0.259 e. The Morgan fingerprint density at radius 3 is 2.56 bits per heavy atom. The van der Waals surface area contributed by atoms with Gasteiger partial charge in [0.1, 0.15) is 16.5 Å². The van der Waals surface area contributed by atoms with E-state index in [1.165, 1.54) is 17.7 Å². The van der Waals surface area contributed by atoms with E-state index in [0.29, 0.717) is 11.3 Å². The molecule has 5 nitrogen and oxygen atoms in total. The van der Waals surface area contributed by atoms with Crippen molar-refractivity contribution < 1.29 is 14.3 Å². The zero-order chi connectivity index (χ0) is 24.1. The Labute approximate surface area is 205 Å². The van der Waals surface area contributed by atoms with Gasteiger partial charge in [-0.15, -0.1) is 11.3 Å². The number of hydrogen-bond acceptors (Lipinski definition) is 5. The highest BCUT2D eigenvalue weighted by molar-refractivity contribution is 7.16. The molecular formula is C28H32N2O3S. The van der Waals surface area contributed by atoms with Gasteiger partial charge in [-0.2, -0.15) is 0 Å². The molecule has 4 rings (SSSR count). The molecule has 0 aliphatic heterocycles. The number of hydrogen-bond donors (Lipinski definition) is 1. The number of fused-ring (bicyclic) bond motifs is 1. The predicted molar refractivity (Wildman–Crippen MR) is 141 cm³/mol. The van der Waals surface area contributed by atoms with Crippen LogP contribution in [-0.4, -0.2) is 26.3 Å². The van der Waals surface area contributed by atoms with Crippen LogP contribution in [0.4, 0.5) is 10.7 Å². The van der Waals surface area contributed by atoms with Gasteiger partial charge in [-0.3, -0.25) is 4.79 Å². The van der Waals surface area contributed by atoms with Crippen LogP contribution < -0.4 is 14.8 Å². The van der Waals surface area contributed by atoms with Crippen molar-refractivity contribution in [3.05, 3.63) is 69.1 Å². The lowest BCUT2D eigenvalue weighted by molar-refractivity contribution is 0.102. The normalized spacial score (nSPS) is 13.8. The second-order valence-corrected chi connectivity index (χ2v) is 9.82. The molecule has 0 spiro atoms. The quantitative estimate of drug-likeness (QED) is 0.388. The van der Waals surface area contributed by atoms with Crippen LogP contribution in [0.15, 0.2) is 41.4 Å². The van der Waals surface area contributed by atoms with Crippen LogP contribution in [-0.2, 0) is 12.8 Å². The number of nitrogens with zero attached hydrogens (tertiary/aromatic N) is 1. The van der Waals surface area contributed by atoms with Gasteiger partial charge in [-0.05, 0) is 80.5 Å². The molecule has 2 aromatic carbocycles. The summed E-state index contributed by atoms with van der Waals surface area (Å²) in [5.74, 6) is 1.35. The number of aliphatic imine (C=N–C) groups is 1. The van der Waals surface area contributed by atoms with Crippen LogP contribution in [0, 0.1) is 13.8 Å². The van der Waals surface area contributed by atoms with Crippen molar-refractivity contribution in [1.82, 2.24) is 0 Å². The minimum Gasteiger partial charge on any atom is -0.497 e. The first-order valence-electron chi connectivity index (χ1n) is 11.8. The van der Waals surface area contributed by atoms with Crippen LogP contribution >= 0.6 is 11.3 Å². The smallest absolute Gasteiger partial charge is 0.259 e. The molecule has 0 saturated heterocycles. The number of thiophene rings is 1. The fourth-order valence-electron chi connectivity index (χ4n) is 4.35. The zero-order valence-electron chi connectivity index (χ0n) is 20.4. The number of carbonyl (C=O) groups is 1. The summed E-state index contributed by atoms with van der Waals surface area (Å²) in [7, 11) is 3.27. The number of rotatable bonds is 6. The highest BCUT2D eigenvalue weighted by atomic mass is 32.1. The number of anilines is 1. The van der Waals surface area contributed by atoms with Crippen LogP contribution in [0.2, 0.25) is 0 Å². The predicted octanol–water partition coefficient (Wildman–Crippen LogP) is 7.04. The summed E-state index contributed by atoms with van der Waals surface area (Å²) < 4.78 is 10.9. The Kier molecular flexibility index (Phi) is 7.68. The molecule has 1 aliphatic carbocycles. The molecule has 178 valence electrons. The second-order valence-electron chi connectivity index (χ2n) is 8.74. The van der Waals surface area contributed by atoms with Crippen molar-refractivity contribution in [2.45, 2.75) is 52.4 Å². The van der Waals surface area contributed by atoms with Crippen molar-refractivity contribution in [3.63, 3.8) is 0 Å². The molecule has 0 bridgehead atoms. The number of benzene rings is 2. The SMILES string of the molecule is COc1ccc(OC)c(C=Nc2sc3c(c2C(=O)Nc2cc(C)ccc2C)CCCCCC3)c1. The Morgan fingerprint density at radius 1 is 1.00 bits per heavy atom. The summed E-state index contributed by atoms with van der Waals surface area (Å²) in [5.41, 5.74) is 5.69. The summed E-state index contributed by atoms with van der Waals surface area (Å²) in [6, 6.07) is 11.7. The van der Waals surface area contributed by atoms with Crippen LogP contribution in [0.3, 0.4) is 0 Å². The Morgan fingerprint density at radius 2 is 1.79 bits per heavy atom. The lowest BCUT2D eigenvalue weighted by Gasteiger charge is -2.13. The van der Waals surface area contributed by atoms with E-state index < -0.39 is 0 Å². The van der Waals surface area contributed by atoms with Crippen LogP contribution in [0.25, 0.3) is 0 Å². The van der Waals surface area contributed by atoms with E-state index in [1.54, 1.807) is 31.8 Å². The third-order valence-electron chi connectivity index (χ3n) is 6.28.